The van der Waals surface area contributed by atoms with Crippen LogP contribution in [0.1, 0.15) is 36.2 Å². The van der Waals surface area contributed by atoms with E-state index in [1.54, 1.807) is 30.3 Å². The van der Waals surface area contributed by atoms with Crippen molar-refractivity contribution in [2.45, 2.75) is 43.9 Å². The van der Waals surface area contributed by atoms with Crippen LogP contribution in [0.4, 0.5) is 4.79 Å². The van der Waals surface area contributed by atoms with Crippen molar-refractivity contribution in [1.82, 2.24) is 35.1 Å². The van der Waals surface area contributed by atoms with Gasteiger partial charge in [0.2, 0.25) is 17.7 Å². The Balaban J connectivity index is 1.22. The smallest absolute Gasteiger partial charge is 0.407 e. The average Bonchev–Trinajstić information content (AvgIpc) is 3.60. The number of hydrogen-bond donors (Lipinski definition) is 4. The molecule has 2 atom stereocenters. The van der Waals surface area contributed by atoms with E-state index in [0.717, 1.165) is 19.3 Å². The third kappa shape index (κ3) is 7.05. The molecule has 5 rings (SSSR count). The van der Waals surface area contributed by atoms with Crippen LogP contribution in [0.25, 0.3) is 5.69 Å². The molecule has 1 aromatic heterocycles. The van der Waals surface area contributed by atoms with E-state index in [1.165, 1.54) is 25.4 Å². The highest BCUT2D eigenvalue weighted by Gasteiger charge is 2.40. The topological polar surface area (TPSA) is 187 Å². The highest BCUT2D eigenvalue weighted by molar-refractivity contribution is 5.95. The number of aliphatic hydroxyl groups is 1. The summed E-state index contributed by atoms with van der Waals surface area (Å²) in [5.41, 5.74) is 0.509. The van der Waals surface area contributed by atoms with E-state index in [4.69, 9.17) is 9.84 Å². The molecule has 3 aliphatic rings. The maximum Gasteiger partial charge on any atom is 0.407 e. The van der Waals surface area contributed by atoms with Crippen molar-refractivity contribution >= 4 is 29.7 Å². The molecule has 0 bridgehead atoms. The Hall–Kier alpha value is -4.66. The van der Waals surface area contributed by atoms with Gasteiger partial charge < -0.3 is 40.3 Å². The van der Waals surface area contributed by atoms with Crippen molar-refractivity contribution in [2.24, 2.45) is 0 Å². The summed E-state index contributed by atoms with van der Waals surface area (Å²) in [4.78, 5) is 66.6. The fourth-order valence-corrected chi connectivity index (χ4v) is 5.24. The lowest BCUT2D eigenvalue weighted by Crippen LogP contribution is -2.52. The summed E-state index contributed by atoms with van der Waals surface area (Å²) in [5, 5.41) is 29.1. The number of hydrogen-bond acceptors (Lipinski definition) is 8. The highest BCUT2D eigenvalue weighted by Crippen LogP contribution is 2.24. The molecule has 0 radical (unpaired) electrons. The van der Waals surface area contributed by atoms with Gasteiger partial charge in [-0.15, -0.1) is 0 Å². The van der Waals surface area contributed by atoms with E-state index in [2.05, 4.69) is 15.7 Å². The van der Waals surface area contributed by atoms with Gasteiger partial charge in [-0.25, -0.2) is 9.48 Å². The van der Waals surface area contributed by atoms with E-state index in [0.29, 0.717) is 5.69 Å². The van der Waals surface area contributed by atoms with E-state index >= 15 is 0 Å². The summed E-state index contributed by atoms with van der Waals surface area (Å²) in [6.07, 6.45) is 1.12. The average molecular weight is 598 g/mol. The number of ether oxygens (including phenoxy) is 1. The maximum absolute atomic E-state index is 13.1. The van der Waals surface area contributed by atoms with Crippen molar-refractivity contribution in [3.05, 3.63) is 42.1 Å². The lowest BCUT2D eigenvalue weighted by molar-refractivity contribution is -0.140. The van der Waals surface area contributed by atoms with E-state index < -0.39 is 36.7 Å². The van der Waals surface area contributed by atoms with E-state index in [1.807, 2.05) is 0 Å². The van der Waals surface area contributed by atoms with Gasteiger partial charge in [0, 0.05) is 51.3 Å². The molecule has 2 saturated heterocycles. The van der Waals surface area contributed by atoms with Gasteiger partial charge in [0.05, 0.1) is 18.3 Å². The molecule has 15 nitrogen and oxygen atoms in total. The van der Waals surface area contributed by atoms with Gasteiger partial charge in [-0.1, -0.05) is 18.2 Å². The van der Waals surface area contributed by atoms with Gasteiger partial charge in [0.25, 0.3) is 11.8 Å². The van der Waals surface area contributed by atoms with Gasteiger partial charge in [0.15, 0.2) is 12.3 Å². The molecule has 1 saturated carbocycles. The number of amides is 5. The zero-order chi connectivity index (χ0) is 30.5. The molecule has 3 fully saturated rings. The number of rotatable bonds is 9. The first kappa shape index (κ1) is 29.8. The van der Waals surface area contributed by atoms with Crippen LogP contribution in [0.3, 0.4) is 0 Å². The lowest BCUT2D eigenvalue weighted by atomic mass is 9.93. The summed E-state index contributed by atoms with van der Waals surface area (Å²) >= 11 is 0. The largest absolute Gasteiger partial charge is 0.467 e. The molecule has 5 amide bonds. The fourth-order valence-electron chi connectivity index (χ4n) is 5.24. The number of benzene rings is 1. The first-order valence-electron chi connectivity index (χ1n) is 14.3. The fraction of sp³-hybridized carbons (Fsp3) is 0.500. The Labute approximate surface area is 247 Å². The molecule has 0 unspecified atom stereocenters. The summed E-state index contributed by atoms with van der Waals surface area (Å²) in [6.45, 7) is 0.0900. The monoisotopic (exact) mass is 597 g/mol. The second-order valence-electron chi connectivity index (χ2n) is 10.8. The molecular weight excluding hydrogens is 562 g/mol. The Morgan fingerprint density at radius 3 is 2.33 bits per heavy atom. The van der Waals surface area contributed by atoms with Gasteiger partial charge in [-0.05, 0) is 31.4 Å². The number of aliphatic hydroxyl groups excluding tert-OH is 1. The number of carbonyl (C=O) groups excluding carboxylic acids is 4. The molecular formula is C28H35N7O8. The predicted octanol–water partition coefficient (Wildman–Crippen LogP) is -0.566. The number of carboxylic acid groups (broad SMARTS) is 1. The Morgan fingerprint density at radius 2 is 1.67 bits per heavy atom. The molecule has 2 aliphatic heterocycles. The summed E-state index contributed by atoms with van der Waals surface area (Å²) in [5.74, 6) is -1.69. The quantitative estimate of drug-likeness (QED) is 0.294. The van der Waals surface area contributed by atoms with Crippen LogP contribution in [0.15, 0.2) is 36.4 Å². The highest BCUT2D eigenvalue weighted by atomic mass is 16.5. The Kier molecular flexibility index (Phi) is 9.09. The van der Waals surface area contributed by atoms with Crippen LogP contribution in [-0.2, 0) is 14.4 Å². The molecule has 1 aliphatic carbocycles. The summed E-state index contributed by atoms with van der Waals surface area (Å²) < 4.78 is 7.17. The lowest BCUT2D eigenvalue weighted by Gasteiger charge is -2.33. The SMILES string of the molecule is O=C(NCC(=O)N1CCN(C(=O)O)CC1)c1cc(OCC(=O)N2C[C@H](O)C[C@H]2C(=O)NC2CCC2)n(-c2ccccc2)n1. The molecule has 0 spiro atoms. The minimum Gasteiger partial charge on any atom is -0.467 e. The second kappa shape index (κ2) is 13.1. The Bertz CT molecular complexity index is 1350. The van der Waals surface area contributed by atoms with Gasteiger partial charge in [-0.3, -0.25) is 19.2 Å². The van der Waals surface area contributed by atoms with E-state index in [-0.39, 0.29) is 75.1 Å². The number of piperazine rings is 1. The van der Waals surface area contributed by atoms with Crippen molar-refractivity contribution in [3.63, 3.8) is 0 Å². The minimum atomic E-state index is -1.04. The van der Waals surface area contributed by atoms with Crippen LogP contribution in [-0.4, -0.2) is 128 Å². The normalized spacial score (nSPS) is 20.3. The molecule has 15 heteroatoms. The number of nitrogens with zero attached hydrogens (tertiary/aromatic N) is 5. The van der Waals surface area contributed by atoms with Gasteiger partial charge in [0.1, 0.15) is 6.04 Å². The van der Waals surface area contributed by atoms with Crippen LogP contribution < -0.4 is 15.4 Å². The minimum absolute atomic E-state index is 0.00986. The first-order chi connectivity index (χ1) is 20.7. The number of para-hydroxylation sites is 1. The van der Waals surface area contributed by atoms with Crippen molar-refractivity contribution in [2.75, 3.05) is 45.9 Å². The van der Waals surface area contributed by atoms with Crippen LogP contribution in [0.5, 0.6) is 5.88 Å². The number of carbonyl (C=O) groups is 5. The van der Waals surface area contributed by atoms with Crippen LogP contribution in [0.2, 0.25) is 0 Å². The molecule has 43 heavy (non-hydrogen) atoms. The third-order valence-corrected chi connectivity index (χ3v) is 7.91. The molecule has 3 heterocycles. The Morgan fingerprint density at radius 1 is 0.977 bits per heavy atom. The van der Waals surface area contributed by atoms with Crippen LogP contribution in [0, 0.1) is 0 Å². The summed E-state index contributed by atoms with van der Waals surface area (Å²) in [7, 11) is 0. The number of β-amino-alcohol motifs (C(OH)–C–C–N with tert-alkyl or cyclic N) is 1. The maximum atomic E-state index is 13.1. The second-order valence-corrected chi connectivity index (χ2v) is 10.8. The van der Waals surface area contributed by atoms with Crippen molar-refractivity contribution in [1.29, 1.82) is 0 Å². The number of nitrogens with one attached hydrogen (secondary N) is 2. The van der Waals surface area contributed by atoms with E-state index in [9.17, 15) is 29.1 Å². The molecule has 4 N–H and O–H groups in total. The number of aromatic nitrogens is 2. The molecule has 2 aromatic rings. The predicted molar refractivity (Wildman–Crippen MR) is 149 cm³/mol. The third-order valence-electron chi connectivity index (χ3n) is 7.91. The van der Waals surface area contributed by atoms with Gasteiger partial charge >= 0.3 is 6.09 Å². The zero-order valence-corrected chi connectivity index (χ0v) is 23.6. The van der Waals surface area contributed by atoms with Crippen molar-refractivity contribution in [3.8, 4) is 11.6 Å². The van der Waals surface area contributed by atoms with Crippen LogP contribution >= 0.6 is 0 Å². The molecule has 1 aromatic carbocycles. The zero-order valence-electron chi connectivity index (χ0n) is 23.6. The number of likely N-dealkylation sites (tertiary alicyclic amines) is 1. The summed E-state index contributed by atoms with van der Waals surface area (Å²) in [6, 6.07) is 9.47. The first-order valence-corrected chi connectivity index (χ1v) is 14.3. The van der Waals surface area contributed by atoms with Crippen molar-refractivity contribution < 1.29 is 38.9 Å². The standard InChI is InChI=1S/C28H35N7O8/c36-20-13-22(27(40)30-18-5-4-6-18)34(16-20)24(38)17-43-25-14-21(31-35(25)19-7-2-1-3-8-19)26(39)29-15-23(37)32-9-11-33(12-10-32)28(41)42/h1-3,7-8,14,18,20,22,36H,4-6,9-13,15-17H2,(H,29,39)(H,30,40)(H,41,42)/t20-,22+/m1/s1. The molecule has 230 valence electrons. The van der Waals surface area contributed by atoms with Gasteiger partial charge in [-0.2, -0.15) is 5.10 Å².